The van der Waals surface area contributed by atoms with Crippen molar-refractivity contribution < 1.29 is 45.0 Å². The number of carbonyl (C=O) groups is 2. The van der Waals surface area contributed by atoms with Crippen LogP contribution in [0, 0.1) is 0 Å². The highest BCUT2D eigenvalue weighted by Gasteiger charge is 2.53. The standard InChI is InChI=1S/C11H19NO9/c1-4(14)12-7-5(15)2-11(20,10(18)19)21-9(7)8(17)6(16)3-13/h5-9,13,15-17,20H,2-3H2,1H3,(H,12,14)(H,18,19)/t5-,6-,7+,8+,9+,11-/m0/s1/i12+1. The molecule has 0 aromatic heterocycles. The molecule has 1 aliphatic heterocycles. The van der Waals surface area contributed by atoms with E-state index in [1.165, 1.54) is 0 Å². The molecule has 10 nitrogen and oxygen atoms in total. The van der Waals surface area contributed by atoms with Crippen LogP contribution in [0.2, 0.25) is 0 Å². The van der Waals surface area contributed by atoms with E-state index in [1.54, 1.807) is 0 Å². The maximum Gasteiger partial charge on any atom is 0.364 e. The van der Waals surface area contributed by atoms with Gasteiger partial charge in [-0.1, -0.05) is 0 Å². The van der Waals surface area contributed by atoms with E-state index in [1.807, 2.05) is 0 Å². The summed E-state index contributed by atoms with van der Waals surface area (Å²) < 4.78 is 4.86. The van der Waals surface area contributed by atoms with Crippen molar-refractivity contribution in [3.8, 4) is 0 Å². The molecule has 0 radical (unpaired) electrons. The number of carbonyl (C=O) groups excluding carboxylic acids is 1. The molecule has 0 aromatic carbocycles. The number of ether oxygens (including phenoxy) is 1. The van der Waals surface area contributed by atoms with Crippen molar-refractivity contribution >= 4 is 11.9 Å². The van der Waals surface area contributed by atoms with Gasteiger partial charge in [0.25, 0.3) is 5.79 Å². The topological polar surface area (TPSA) is 177 Å². The first-order valence-corrected chi connectivity index (χ1v) is 6.18. The molecule has 0 aliphatic carbocycles. The molecule has 0 saturated carbocycles. The van der Waals surface area contributed by atoms with Crippen LogP contribution in [0.25, 0.3) is 0 Å². The van der Waals surface area contributed by atoms with E-state index in [-0.39, 0.29) is 0 Å². The number of hydrogen-bond donors (Lipinski definition) is 7. The molecule has 6 atom stereocenters. The van der Waals surface area contributed by atoms with Crippen molar-refractivity contribution in [3.05, 3.63) is 0 Å². The molecule has 0 aromatic rings. The molecule has 1 fully saturated rings. The lowest BCUT2D eigenvalue weighted by Gasteiger charge is -2.44. The van der Waals surface area contributed by atoms with Gasteiger partial charge in [-0.2, -0.15) is 0 Å². The van der Waals surface area contributed by atoms with E-state index < -0.39 is 61.1 Å². The molecule has 21 heavy (non-hydrogen) atoms. The number of carboxylic acids is 1. The molecule has 122 valence electrons. The summed E-state index contributed by atoms with van der Waals surface area (Å²) in [6.07, 6.45) is -7.48. The van der Waals surface area contributed by atoms with Crippen LogP contribution in [0.15, 0.2) is 0 Å². The van der Waals surface area contributed by atoms with E-state index >= 15 is 0 Å². The Morgan fingerprint density at radius 2 is 2.00 bits per heavy atom. The molecule has 1 amide bonds. The van der Waals surface area contributed by atoms with Gasteiger partial charge in [0.05, 0.1) is 18.8 Å². The molecule has 1 rings (SSSR count). The lowest BCUT2D eigenvalue weighted by atomic mass is 9.90. The summed E-state index contributed by atoms with van der Waals surface area (Å²) in [7, 11) is 0. The third-order valence-electron chi connectivity index (χ3n) is 3.21. The number of nitrogens with one attached hydrogen (secondary N) is 1. The van der Waals surface area contributed by atoms with Gasteiger partial charge in [-0.05, 0) is 0 Å². The summed E-state index contributed by atoms with van der Waals surface area (Å²) in [6.45, 7) is 0.256. The zero-order valence-electron chi connectivity index (χ0n) is 11.2. The summed E-state index contributed by atoms with van der Waals surface area (Å²) in [6, 6.07) is -1.27. The monoisotopic (exact) mass is 310 g/mol. The van der Waals surface area contributed by atoms with E-state index in [0.29, 0.717) is 0 Å². The van der Waals surface area contributed by atoms with E-state index in [0.717, 1.165) is 6.92 Å². The van der Waals surface area contributed by atoms with Gasteiger partial charge >= 0.3 is 5.97 Å². The predicted molar refractivity (Wildman–Crippen MR) is 64.8 cm³/mol. The average Bonchev–Trinajstić information content (AvgIpc) is 2.39. The highest BCUT2D eigenvalue weighted by molar-refractivity contribution is 5.76. The van der Waals surface area contributed by atoms with Crippen molar-refractivity contribution in [2.24, 2.45) is 0 Å². The maximum atomic E-state index is 11.1. The fourth-order valence-corrected chi connectivity index (χ4v) is 2.14. The van der Waals surface area contributed by atoms with Crippen LogP contribution in [0.5, 0.6) is 0 Å². The lowest BCUT2D eigenvalue weighted by Crippen LogP contribution is -2.67. The summed E-state index contributed by atoms with van der Waals surface area (Å²) in [5, 5.41) is 59.0. The van der Waals surface area contributed by atoms with Crippen LogP contribution in [-0.2, 0) is 14.3 Å². The Bertz CT molecular complexity index is 403. The second-order valence-corrected chi connectivity index (χ2v) is 4.91. The molecule has 0 bridgehead atoms. The fourth-order valence-electron chi connectivity index (χ4n) is 2.14. The smallest absolute Gasteiger partial charge is 0.364 e. The van der Waals surface area contributed by atoms with Gasteiger partial charge in [0.1, 0.15) is 18.3 Å². The summed E-state index contributed by atoms with van der Waals surface area (Å²) >= 11 is 0. The van der Waals surface area contributed by atoms with Crippen molar-refractivity contribution in [1.29, 1.82) is 0 Å². The molecule has 1 aliphatic rings. The third kappa shape index (κ3) is 3.87. The molecule has 1 saturated heterocycles. The van der Waals surface area contributed by atoms with Crippen molar-refractivity contribution in [2.75, 3.05) is 6.61 Å². The van der Waals surface area contributed by atoms with Crippen LogP contribution in [0.4, 0.5) is 0 Å². The summed E-state index contributed by atoms with van der Waals surface area (Å²) in [5.41, 5.74) is 0. The maximum absolute atomic E-state index is 11.1. The zero-order valence-corrected chi connectivity index (χ0v) is 11.2. The van der Waals surface area contributed by atoms with Gasteiger partial charge in [-0.15, -0.1) is 0 Å². The number of aliphatic carboxylic acids is 1. The highest BCUT2D eigenvalue weighted by Crippen LogP contribution is 2.30. The highest BCUT2D eigenvalue weighted by atomic mass is 16.7. The Labute approximate surface area is 119 Å². The van der Waals surface area contributed by atoms with Gasteiger partial charge in [0, 0.05) is 13.3 Å². The van der Waals surface area contributed by atoms with E-state index in [2.05, 4.69) is 5.32 Å². The predicted octanol–water partition coefficient (Wildman–Crippen LogP) is -3.87. The van der Waals surface area contributed by atoms with Gasteiger partial charge in [-0.25, -0.2) is 4.79 Å². The number of carboxylic acid groups (broad SMARTS) is 1. The number of aliphatic hydroxyl groups is 5. The lowest BCUT2D eigenvalue weighted by molar-refractivity contribution is -0.295. The Balaban J connectivity index is 3.07. The summed E-state index contributed by atoms with van der Waals surface area (Å²) in [5.74, 6) is -5.17. The second kappa shape index (κ2) is 6.64. The molecular formula is C11H19NO9. The van der Waals surface area contributed by atoms with Crippen LogP contribution >= 0.6 is 0 Å². The minimum Gasteiger partial charge on any atom is -0.477 e. The minimum atomic E-state index is -2.78. The fraction of sp³-hybridized carbons (Fsp3) is 0.818. The molecule has 10 heteroatoms. The third-order valence-corrected chi connectivity index (χ3v) is 3.21. The Kier molecular flexibility index (Phi) is 5.61. The first kappa shape index (κ1) is 17.8. The van der Waals surface area contributed by atoms with Gasteiger partial charge < -0.3 is 40.7 Å². The largest absolute Gasteiger partial charge is 0.477 e. The Morgan fingerprint density at radius 1 is 1.43 bits per heavy atom. The van der Waals surface area contributed by atoms with Gasteiger partial charge in [-0.3, -0.25) is 4.79 Å². The SMILES string of the molecule is CC(=O)[15NH][C@H]1[C@H]([C@H](O)[C@@H](O)CO)O[C@](O)(C(=O)O)C[C@@H]1O. The molecule has 1 heterocycles. The van der Waals surface area contributed by atoms with Crippen LogP contribution in [0.3, 0.4) is 0 Å². The quantitative estimate of drug-likeness (QED) is 0.250. The molecule has 7 N–H and O–H groups in total. The minimum absolute atomic E-state index is 0.598. The summed E-state index contributed by atoms with van der Waals surface area (Å²) in [4.78, 5) is 22.1. The van der Waals surface area contributed by atoms with Crippen molar-refractivity contribution in [3.63, 3.8) is 0 Å². The Morgan fingerprint density at radius 3 is 2.43 bits per heavy atom. The number of aliphatic hydroxyl groups excluding tert-OH is 4. The zero-order chi connectivity index (χ0) is 16.4. The molecule has 0 spiro atoms. The number of hydrogen-bond acceptors (Lipinski definition) is 8. The van der Waals surface area contributed by atoms with Crippen molar-refractivity contribution in [1.82, 2.24) is 5.32 Å². The van der Waals surface area contributed by atoms with Crippen molar-refractivity contribution in [2.45, 2.75) is 49.6 Å². The van der Waals surface area contributed by atoms with E-state index in [4.69, 9.17) is 14.9 Å². The van der Waals surface area contributed by atoms with Gasteiger partial charge in [0.15, 0.2) is 0 Å². The normalized spacial score (nSPS) is 35.8. The van der Waals surface area contributed by atoms with Crippen LogP contribution in [0.1, 0.15) is 13.3 Å². The molecular weight excluding hydrogens is 291 g/mol. The Hall–Kier alpha value is -1.30. The second-order valence-electron chi connectivity index (χ2n) is 4.91. The average molecular weight is 310 g/mol. The van der Waals surface area contributed by atoms with E-state index in [9.17, 15) is 30.0 Å². The van der Waals surface area contributed by atoms with Gasteiger partial charge in [0.2, 0.25) is 5.91 Å². The van der Waals surface area contributed by atoms with Crippen LogP contribution < -0.4 is 5.32 Å². The number of rotatable bonds is 5. The first-order chi connectivity index (χ1) is 9.62. The molecule has 0 unspecified atom stereocenters. The van der Waals surface area contributed by atoms with Crippen LogP contribution in [-0.4, -0.2) is 85.4 Å². The first-order valence-electron chi connectivity index (χ1n) is 6.18. The number of amides is 1.